The van der Waals surface area contributed by atoms with Gasteiger partial charge in [0.05, 0.1) is 31.4 Å². The molecular formula is C33H37ClN4O5. The summed E-state index contributed by atoms with van der Waals surface area (Å²) in [5.74, 6) is -0.209. The lowest BCUT2D eigenvalue weighted by Crippen LogP contribution is -2.27. The van der Waals surface area contributed by atoms with E-state index >= 15 is 0 Å². The summed E-state index contributed by atoms with van der Waals surface area (Å²) in [5.41, 5.74) is 3.59. The van der Waals surface area contributed by atoms with Crippen molar-refractivity contribution >= 4 is 35.1 Å². The van der Waals surface area contributed by atoms with Crippen molar-refractivity contribution in [1.29, 1.82) is 0 Å². The fraction of sp³-hybridized carbons (Fsp3) is 0.333. The number of imidazole rings is 1. The zero-order valence-electron chi connectivity index (χ0n) is 24.7. The Morgan fingerprint density at radius 1 is 1.00 bits per heavy atom. The molecular weight excluding hydrogens is 568 g/mol. The number of rotatable bonds is 14. The molecule has 0 radical (unpaired) electrons. The standard InChI is InChI=1S/C33H37ClN4O5/c1-4-6-12-29-36-31(34)27(20-30(39)42-3)38(29)21-24-13-15-26(16-14-24)35-32(40)28(19-23-10-8-7-9-11-23)37-18-17-25(22-37)33(41)43-5-2/h7-11,13-18,22,28H,4-6,12,19-21H2,1-3H3,(H,35,40)/t28-/m0/s1. The summed E-state index contributed by atoms with van der Waals surface area (Å²) >= 11 is 6.44. The molecule has 226 valence electrons. The van der Waals surface area contributed by atoms with Gasteiger partial charge in [-0.3, -0.25) is 9.59 Å². The lowest BCUT2D eigenvalue weighted by Gasteiger charge is -2.19. The first-order valence-corrected chi connectivity index (χ1v) is 14.8. The highest BCUT2D eigenvalue weighted by molar-refractivity contribution is 6.30. The molecule has 0 spiro atoms. The zero-order valence-corrected chi connectivity index (χ0v) is 25.5. The number of methoxy groups -OCH3 is 1. The second-order valence-electron chi connectivity index (χ2n) is 10.2. The summed E-state index contributed by atoms with van der Waals surface area (Å²) in [5, 5.41) is 3.33. The number of ether oxygens (including phenoxy) is 2. The van der Waals surface area contributed by atoms with E-state index < -0.39 is 12.0 Å². The number of carbonyl (C=O) groups is 3. The first-order valence-electron chi connectivity index (χ1n) is 14.4. The molecule has 4 rings (SSSR count). The van der Waals surface area contributed by atoms with Crippen molar-refractivity contribution in [2.45, 2.75) is 58.5 Å². The van der Waals surface area contributed by atoms with E-state index in [-0.39, 0.29) is 24.9 Å². The van der Waals surface area contributed by atoms with Crippen LogP contribution in [0.25, 0.3) is 0 Å². The second-order valence-corrected chi connectivity index (χ2v) is 10.5. The maximum absolute atomic E-state index is 13.6. The van der Waals surface area contributed by atoms with Gasteiger partial charge in [0.15, 0.2) is 5.15 Å². The van der Waals surface area contributed by atoms with Crippen molar-refractivity contribution in [2.24, 2.45) is 0 Å². The van der Waals surface area contributed by atoms with Crippen LogP contribution >= 0.6 is 11.6 Å². The number of benzene rings is 2. The van der Waals surface area contributed by atoms with Crippen LogP contribution in [0.4, 0.5) is 5.69 Å². The molecule has 0 saturated heterocycles. The summed E-state index contributed by atoms with van der Waals surface area (Å²) in [7, 11) is 1.35. The lowest BCUT2D eigenvalue weighted by molar-refractivity contribution is -0.139. The number of unbranched alkanes of at least 4 members (excludes halogenated alkanes) is 1. The molecule has 0 aliphatic carbocycles. The van der Waals surface area contributed by atoms with E-state index in [2.05, 4.69) is 17.2 Å². The molecule has 10 heteroatoms. The molecule has 0 unspecified atom stereocenters. The maximum atomic E-state index is 13.6. The number of nitrogens with zero attached hydrogens (tertiary/aromatic N) is 3. The number of amides is 1. The predicted molar refractivity (Wildman–Crippen MR) is 165 cm³/mol. The Hall–Kier alpha value is -4.37. The fourth-order valence-electron chi connectivity index (χ4n) is 4.81. The number of aromatic nitrogens is 3. The number of nitrogens with one attached hydrogen (secondary N) is 1. The summed E-state index contributed by atoms with van der Waals surface area (Å²) in [6.07, 6.45) is 6.53. The highest BCUT2D eigenvalue weighted by atomic mass is 35.5. The van der Waals surface area contributed by atoms with Crippen LogP contribution in [-0.2, 0) is 44.9 Å². The monoisotopic (exact) mass is 604 g/mol. The summed E-state index contributed by atoms with van der Waals surface area (Å²) in [4.78, 5) is 42.4. The van der Waals surface area contributed by atoms with E-state index in [1.54, 1.807) is 30.0 Å². The molecule has 0 saturated carbocycles. The molecule has 2 aromatic carbocycles. The number of halogens is 1. The smallest absolute Gasteiger partial charge is 0.339 e. The Labute approximate surface area is 256 Å². The van der Waals surface area contributed by atoms with Crippen LogP contribution < -0.4 is 5.32 Å². The maximum Gasteiger partial charge on any atom is 0.339 e. The normalized spacial score (nSPS) is 11.6. The largest absolute Gasteiger partial charge is 0.469 e. The molecule has 1 amide bonds. The van der Waals surface area contributed by atoms with E-state index in [1.165, 1.54) is 7.11 Å². The Kier molecular flexibility index (Phi) is 11.2. The van der Waals surface area contributed by atoms with Crippen LogP contribution in [-0.4, -0.2) is 45.7 Å². The van der Waals surface area contributed by atoms with Gasteiger partial charge in [0, 0.05) is 37.5 Å². The van der Waals surface area contributed by atoms with Crippen molar-refractivity contribution in [3.8, 4) is 0 Å². The van der Waals surface area contributed by atoms with Crippen LogP contribution in [0.15, 0.2) is 73.1 Å². The second kappa shape index (κ2) is 15.2. The van der Waals surface area contributed by atoms with Gasteiger partial charge in [-0.05, 0) is 42.7 Å². The lowest BCUT2D eigenvalue weighted by atomic mass is 10.0. The van der Waals surface area contributed by atoms with Crippen LogP contribution in [0.5, 0.6) is 0 Å². The minimum atomic E-state index is -0.597. The molecule has 2 aromatic heterocycles. The van der Waals surface area contributed by atoms with Gasteiger partial charge in [-0.2, -0.15) is 0 Å². The van der Waals surface area contributed by atoms with Crippen LogP contribution in [0.3, 0.4) is 0 Å². The van der Waals surface area contributed by atoms with Gasteiger partial charge in [0.25, 0.3) is 0 Å². The van der Waals surface area contributed by atoms with Gasteiger partial charge in [0.1, 0.15) is 11.9 Å². The topological polar surface area (TPSA) is 104 Å². The van der Waals surface area contributed by atoms with Gasteiger partial charge < -0.3 is 23.9 Å². The number of hydrogen-bond acceptors (Lipinski definition) is 6. The van der Waals surface area contributed by atoms with Gasteiger partial charge in [-0.1, -0.05) is 67.4 Å². The van der Waals surface area contributed by atoms with Gasteiger partial charge in [-0.15, -0.1) is 0 Å². The minimum absolute atomic E-state index is 0.0304. The molecule has 0 aliphatic rings. The van der Waals surface area contributed by atoms with E-state index in [1.807, 2.05) is 59.2 Å². The summed E-state index contributed by atoms with van der Waals surface area (Å²) in [6.45, 7) is 4.60. The third-order valence-corrected chi connectivity index (χ3v) is 7.42. The number of carbonyl (C=O) groups excluding carboxylic acids is 3. The Morgan fingerprint density at radius 3 is 2.42 bits per heavy atom. The fourth-order valence-corrected chi connectivity index (χ4v) is 5.08. The Balaban J connectivity index is 1.53. The summed E-state index contributed by atoms with van der Waals surface area (Å²) < 4.78 is 13.7. The number of hydrogen-bond donors (Lipinski definition) is 1. The molecule has 0 aliphatic heterocycles. The van der Waals surface area contributed by atoms with E-state index in [0.717, 1.165) is 36.2 Å². The van der Waals surface area contributed by atoms with Gasteiger partial charge >= 0.3 is 11.9 Å². The predicted octanol–water partition coefficient (Wildman–Crippen LogP) is 6.04. The third kappa shape index (κ3) is 8.35. The quantitative estimate of drug-likeness (QED) is 0.176. The molecule has 0 bridgehead atoms. The Morgan fingerprint density at radius 2 is 1.74 bits per heavy atom. The van der Waals surface area contributed by atoms with E-state index in [4.69, 9.17) is 21.1 Å². The van der Waals surface area contributed by atoms with Crippen LogP contribution in [0.2, 0.25) is 5.15 Å². The number of aryl methyl sites for hydroxylation is 1. The average Bonchev–Trinajstić information content (AvgIpc) is 3.61. The van der Waals surface area contributed by atoms with Crippen LogP contribution in [0, 0.1) is 0 Å². The van der Waals surface area contributed by atoms with E-state index in [9.17, 15) is 14.4 Å². The SMILES string of the molecule is CCCCc1nc(Cl)c(CC(=O)OC)n1Cc1ccc(NC(=O)[C@H](Cc2ccccc2)n2ccc(C(=O)OCC)c2)cc1. The first-order chi connectivity index (χ1) is 20.8. The molecule has 0 fully saturated rings. The minimum Gasteiger partial charge on any atom is -0.469 e. The molecule has 2 heterocycles. The average molecular weight is 605 g/mol. The zero-order chi connectivity index (χ0) is 30.8. The number of esters is 2. The van der Waals surface area contributed by atoms with Crippen molar-refractivity contribution < 1.29 is 23.9 Å². The Bertz CT molecular complexity index is 1530. The van der Waals surface area contributed by atoms with Crippen molar-refractivity contribution in [1.82, 2.24) is 14.1 Å². The van der Waals surface area contributed by atoms with Gasteiger partial charge in [-0.25, -0.2) is 9.78 Å². The highest BCUT2D eigenvalue weighted by Crippen LogP contribution is 2.24. The van der Waals surface area contributed by atoms with Crippen molar-refractivity contribution in [3.05, 3.63) is 106 Å². The molecule has 1 atom stereocenters. The molecule has 4 aromatic rings. The third-order valence-electron chi connectivity index (χ3n) is 7.12. The summed E-state index contributed by atoms with van der Waals surface area (Å²) in [6, 6.07) is 18.3. The van der Waals surface area contributed by atoms with Gasteiger partial charge in [0.2, 0.25) is 5.91 Å². The highest BCUT2D eigenvalue weighted by Gasteiger charge is 2.23. The van der Waals surface area contributed by atoms with Crippen molar-refractivity contribution in [2.75, 3.05) is 19.0 Å². The van der Waals surface area contributed by atoms with E-state index in [0.29, 0.717) is 35.1 Å². The molecule has 1 N–H and O–H groups in total. The molecule has 43 heavy (non-hydrogen) atoms. The first kappa shape index (κ1) is 31.6. The van der Waals surface area contributed by atoms with Crippen LogP contribution in [0.1, 0.15) is 65.7 Å². The number of anilines is 1. The van der Waals surface area contributed by atoms with Crippen molar-refractivity contribution in [3.63, 3.8) is 0 Å². The molecule has 9 nitrogen and oxygen atoms in total.